The lowest BCUT2D eigenvalue weighted by Gasteiger charge is -2.12. The van der Waals surface area contributed by atoms with Crippen molar-refractivity contribution in [2.24, 2.45) is 5.14 Å². The van der Waals surface area contributed by atoms with Crippen LogP contribution in [0.1, 0.15) is 20.8 Å². The lowest BCUT2D eigenvalue weighted by atomic mass is 10.1. The Morgan fingerprint density at radius 1 is 1.36 bits per heavy atom. The van der Waals surface area contributed by atoms with E-state index in [1.54, 1.807) is 6.07 Å². The van der Waals surface area contributed by atoms with E-state index in [0.717, 1.165) is 0 Å². The van der Waals surface area contributed by atoms with Gasteiger partial charge in [0.25, 0.3) is 0 Å². The van der Waals surface area contributed by atoms with Gasteiger partial charge in [-0.2, -0.15) is 4.57 Å². The van der Waals surface area contributed by atoms with E-state index in [2.05, 4.69) is 0 Å². The summed E-state index contributed by atoms with van der Waals surface area (Å²) in [6.45, 7) is 5.96. The molecule has 0 aliphatic carbocycles. The zero-order chi connectivity index (χ0) is 11.0. The quantitative estimate of drug-likeness (QED) is 0.688. The minimum absolute atomic E-state index is 0.134. The van der Waals surface area contributed by atoms with E-state index in [1.165, 1.54) is 12.3 Å². The average molecular weight is 215 g/mol. The molecule has 0 fully saturated rings. The lowest BCUT2D eigenvalue weighted by molar-refractivity contribution is -0.755. The highest BCUT2D eigenvalue weighted by Crippen LogP contribution is 2.07. The predicted octanol–water partition coefficient (Wildman–Crippen LogP) is 0.377. The molecule has 4 nitrogen and oxygen atoms in total. The molecule has 14 heavy (non-hydrogen) atoms. The molecule has 0 unspecified atom stereocenters. The van der Waals surface area contributed by atoms with E-state index in [0.29, 0.717) is 0 Å². The Morgan fingerprint density at radius 3 is 2.36 bits per heavy atom. The summed E-state index contributed by atoms with van der Waals surface area (Å²) < 4.78 is 24.0. The molecule has 1 aromatic heterocycles. The summed E-state index contributed by atoms with van der Waals surface area (Å²) in [4.78, 5) is 0.134. The molecular weight excluding hydrogens is 200 g/mol. The van der Waals surface area contributed by atoms with Crippen LogP contribution in [0.4, 0.5) is 0 Å². The highest BCUT2D eigenvalue weighted by Gasteiger charge is 2.23. The average Bonchev–Trinajstić information content (AvgIpc) is 2.01. The van der Waals surface area contributed by atoms with E-state index < -0.39 is 10.0 Å². The molecule has 0 atom stereocenters. The first kappa shape index (κ1) is 11.1. The molecule has 0 amide bonds. The fourth-order valence-electron chi connectivity index (χ4n) is 1.04. The number of nitrogens with zero attached hydrogens (tertiary/aromatic N) is 1. The van der Waals surface area contributed by atoms with Gasteiger partial charge < -0.3 is 0 Å². The number of pyridine rings is 1. The summed E-state index contributed by atoms with van der Waals surface area (Å²) in [6.07, 6.45) is 3.35. The lowest BCUT2D eigenvalue weighted by Crippen LogP contribution is -2.50. The number of nitrogens with two attached hydrogens (primary N) is 1. The van der Waals surface area contributed by atoms with Crippen LogP contribution in [0, 0.1) is 0 Å². The molecule has 5 heteroatoms. The van der Waals surface area contributed by atoms with Crippen LogP contribution in [0.25, 0.3) is 0 Å². The molecule has 0 radical (unpaired) electrons. The SMILES string of the molecule is CC(C)(C)[n+]1cccc(S(N)(=O)=O)c1. The first-order chi connectivity index (χ1) is 6.21. The zero-order valence-corrected chi connectivity index (χ0v) is 9.38. The second kappa shape index (κ2) is 3.33. The van der Waals surface area contributed by atoms with Gasteiger partial charge in [-0.25, -0.2) is 13.6 Å². The maximum absolute atomic E-state index is 11.1. The molecular formula is C9H15N2O2S+. The summed E-state index contributed by atoms with van der Waals surface area (Å²) in [5, 5.41) is 5.03. The maximum Gasteiger partial charge on any atom is 0.243 e. The maximum atomic E-state index is 11.1. The van der Waals surface area contributed by atoms with Crippen LogP contribution in [0.5, 0.6) is 0 Å². The second-order valence-corrected chi connectivity index (χ2v) is 5.72. The number of rotatable bonds is 1. The molecule has 1 heterocycles. The Balaban J connectivity index is 3.29. The fourth-order valence-corrected chi connectivity index (χ4v) is 1.57. The van der Waals surface area contributed by atoms with E-state index in [-0.39, 0.29) is 10.4 Å². The monoisotopic (exact) mass is 215 g/mol. The van der Waals surface area contributed by atoms with Crippen molar-refractivity contribution < 1.29 is 13.0 Å². The van der Waals surface area contributed by atoms with Gasteiger partial charge >= 0.3 is 0 Å². The van der Waals surface area contributed by atoms with E-state index >= 15 is 0 Å². The van der Waals surface area contributed by atoms with E-state index in [9.17, 15) is 8.42 Å². The van der Waals surface area contributed by atoms with Crippen LogP contribution >= 0.6 is 0 Å². The second-order valence-electron chi connectivity index (χ2n) is 4.16. The van der Waals surface area contributed by atoms with Crippen molar-refractivity contribution in [3.05, 3.63) is 24.5 Å². The van der Waals surface area contributed by atoms with Gasteiger partial charge in [-0.3, -0.25) is 0 Å². The Bertz CT molecular complexity index is 432. The number of hydrogen-bond acceptors (Lipinski definition) is 2. The fraction of sp³-hybridized carbons (Fsp3) is 0.444. The Hall–Kier alpha value is -0.940. The number of hydrogen-bond donors (Lipinski definition) is 1. The third-order valence-corrected chi connectivity index (χ3v) is 2.78. The van der Waals surface area contributed by atoms with Crippen LogP contribution in [0.15, 0.2) is 29.4 Å². The number of primary sulfonamides is 1. The predicted molar refractivity (Wildman–Crippen MR) is 53.0 cm³/mol. The number of sulfonamides is 1. The van der Waals surface area contributed by atoms with Gasteiger partial charge in [0.1, 0.15) is 4.90 Å². The molecule has 0 saturated carbocycles. The van der Waals surface area contributed by atoms with Crippen LogP contribution in [0.3, 0.4) is 0 Å². The molecule has 0 spiro atoms. The van der Waals surface area contributed by atoms with Gasteiger partial charge in [0.15, 0.2) is 17.9 Å². The van der Waals surface area contributed by atoms with E-state index in [1.807, 2.05) is 31.5 Å². The van der Waals surface area contributed by atoms with Gasteiger partial charge in [-0.05, 0) is 6.07 Å². The highest BCUT2D eigenvalue weighted by atomic mass is 32.2. The van der Waals surface area contributed by atoms with Gasteiger partial charge in [-0.1, -0.05) is 0 Å². The third kappa shape index (κ3) is 2.52. The normalized spacial score (nSPS) is 12.9. The molecule has 0 saturated heterocycles. The van der Waals surface area contributed by atoms with Gasteiger partial charge in [-0.15, -0.1) is 0 Å². The van der Waals surface area contributed by atoms with E-state index in [4.69, 9.17) is 5.14 Å². The van der Waals surface area contributed by atoms with Crippen molar-refractivity contribution >= 4 is 10.0 Å². The molecule has 0 aliphatic heterocycles. The van der Waals surface area contributed by atoms with Crippen molar-refractivity contribution in [2.75, 3.05) is 0 Å². The summed E-state index contributed by atoms with van der Waals surface area (Å²) >= 11 is 0. The molecule has 0 aliphatic rings. The highest BCUT2D eigenvalue weighted by molar-refractivity contribution is 7.89. The van der Waals surface area contributed by atoms with Crippen molar-refractivity contribution in [2.45, 2.75) is 31.2 Å². The van der Waals surface area contributed by atoms with Crippen molar-refractivity contribution in [1.29, 1.82) is 0 Å². The van der Waals surface area contributed by atoms with Gasteiger partial charge in [0.2, 0.25) is 10.0 Å². The third-order valence-electron chi connectivity index (χ3n) is 1.88. The Labute approximate surface area is 84.4 Å². The molecule has 0 aromatic carbocycles. The zero-order valence-electron chi connectivity index (χ0n) is 8.56. The first-order valence-corrected chi connectivity index (χ1v) is 5.80. The summed E-state index contributed by atoms with van der Waals surface area (Å²) in [7, 11) is -3.61. The Morgan fingerprint density at radius 2 is 1.93 bits per heavy atom. The molecule has 1 rings (SSSR count). The molecule has 1 aromatic rings. The number of aromatic nitrogens is 1. The summed E-state index contributed by atoms with van der Waals surface area (Å²) in [5.74, 6) is 0. The minimum atomic E-state index is -3.61. The van der Waals surface area contributed by atoms with Gasteiger partial charge in [0, 0.05) is 26.8 Å². The van der Waals surface area contributed by atoms with Crippen LogP contribution in [0.2, 0.25) is 0 Å². The molecule has 2 N–H and O–H groups in total. The Kier molecular flexibility index (Phi) is 2.65. The minimum Gasteiger partial charge on any atom is -0.224 e. The standard InChI is InChI=1S/C9H15N2O2S/c1-9(2,3)11-6-4-5-8(7-11)14(10,12)13/h4-7H,1-3H3,(H2,10,12,13)/q+1. The van der Waals surface area contributed by atoms with Crippen molar-refractivity contribution in [3.8, 4) is 0 Å². The summed E-state index contributed by atoms with van der Waals surface area (Å²) in [6, 6.07) is 3.16. The molecule has 0 bridgehead atoms. The van der Waals surface area contributed by atoms with Crippen molar-refractivity contribution in [1.82, 2.24) is 0 Å². The smallest absolute Gasteiger partial charge is 0.224 e. The van der Waals surface area contributed by atoms with Crippen LogP contribution < -0.4 is 9.71 Å². The van der Waals surface area contributed by atoms with Crippen molar-refractivity contribution in [3.63, 3.8) is 0 Å². The van der Waals surface area contributed by atoms with Gasteiger partial charge in [0.05, 0.1) is 0 Å². The van der Waals surface area contributed by atoms with Crippen LogP contribution in [-0.2, 0) is 15.6 Å². The topological polar surface area (TPSA) is 64.0 Å². The molecule has 78 valence electrons. The first-order valence-electron chi connectivity index (χ1n) is 4.26. The largest absolute Gasteiger partial charge is 0.243 e. The van der Waals surface area contributed by atoms with Crippen LogP contribution in [-0.4, -0.2) is 8.42 Å². The summed E-state index contributed by atoms with van der Waals surface area (Å²) in [5.41, 5.74) is -0.152.